The third-order valence-corrected chi connectivity index (χ3v) is 1.98. The first kappa shape index (κ1) is 6.96. The fourth-order valence-electron chi connectivity index (χ4n) is 1.24. The lowest BCUT2D eigenvalue weighted by Gasteiger charge is -2.10. The van der Waals surface area contributed by atoms with Gasteiger partial charge >= 0.3 is 0 Å². The van der Waals surface area contributed by atoms with E-state index in [4.69, 9.17) is 5.73 Å². The molecular formula is C6H13FN2. The summed E-state index contributed by atoms with van der Waals surface area (Å²) >= 11 is 0. The van der Waals surface area contributed by atoms with E-state index < -0.39 is 0 Å². The molecule has 1 aliphatic heterocycles. The molecule has 3 N–H and O–H groups in total. The third-order valence-electron chi connectivity index (χ3n) is 1.98. The largest absolute Gasteiger partial charge is 0.330 e. The van der Waals surface area contributed by atoms with Gasteiger partial charge in [-0.05, 0) is 19.0 Å². The Kier molecular flexibility index (Phi) is 2.42. The van der Waals surface area contributed by atoms with Gasteiger partial charge in [-0.25, -0.2) is 0 Å². The summed E-state index contributed by atoms with van der Waals surface area (Å²) in [5.74, 6) is 0.546. The molecule has 1 heterocycles. The Morgan fingerprint density at radius 3 is 2.56 bits per heavy atom. The van der Waals surface area contributed by atoms with Crippen molar-refractivity contribution in [3.63, 3.8) is 0 Å². The van der Waals surface area contributed by atoms with Gasteiger partial charge in [0, 0.05) is 12.5 Å². The van der Waals surface area contributed by atoms with Crippen LogP contribution in [0.5, 0.6) is 0 Å². The quantitative estimate of drug-likeness (QED) is 0.543. The van der Waals surface area contributed by atoms with Crippen LogP contribution in [0, 0.1) is 11.8 Å². The van der Waals surface area contributed by atoms with Gasteiger partial charge in [0.2, 0.25) is 0 Å². The summed E-state index contributed by atoms with van der Waals surface area (Å²) in [6, 6.07) is 0. The van der Waals surface area contributed by atoms with Gasteiger partial charge in [0.1, 0.15) is 0 Å². The Balaban J connectivity index is 2.32. The zero-order chi connectivity index (χ0) is 6.69. The molecule has 2 nitrogen and oxygen atoms in total. The van der Waals surface area contributed by atoms with Crippen LogP contribution < -0.4 is 11.1 Å². The maximum atomic E-state index is 12.0. The minimum atomic E-state index is -0.227. The predicted molar refractivity (Wildman–Crippen MR) is 34.9 cm³/mol. The summed E-state index contributed by atoms with van der Waals surface area (Å²) in [4.78, 5) is 0. The second kappa shape index (κ2) is 3.13. The molecule has 0 aromatic heterocycles. The van der Waals surface area contributed by atoms with Crippen LogP contribution >= 0.6 is 0 Å². The van der Waals surface area contributed by atoms with Crippen LogP contribution in [0.15, 0.2) is 0 Å². The number of rotatable bonds is 2. The first-order chi connectivity index (χ1) is 4.38. The Bertz CT molecular complexity index is 77.1. The zero-order valence-corrected chi connectivity index (χ0v) is 5.44. The molecule has 2 atom stereocenters. The van der Waals surface area contributed by atoms with E-state index >= 15 is 0 Å². The standard InChI is InChI=1S/C6H13FN2/c7-1-5-3-9-4-6(5)2-8/h5-6,9H,1-4,8H2. The van der Waals surface area contributed by atoms with Crippen molar-refractivity contribution >= 4 is 0 Å². The second-order valence-corrected chi connectivity index (χ2v) is 2.57. The molecule has 9 heavy (non-hydrogen) atoms. The van der Waals surface area contributed by atoms with Gasteiger partial charge in [-0.3, -0.25) is 4.39 Å². The van der Waals surface area contributed by atoms with Crippen LogP contribution in [0.25, 0.3) is 0 Å². The molecule has 54 valence electrons. The van der Waals surface area contributed by atoms with Crippen molar-refractivity contribution in [2.45, 2.75) is 0 Å². The lowest BCUT2D eigenvalue weighted by atomic mass is 9.98. The van der Waals surface area contributed by atoms with E-state index in [1.165, 1.54) is 0 Å². The average Bonchev–Trinajstić information content (AvgIpc) is 2.33. The SMILES string of the molecule is NCC1CNCC1CF. The molecule has 0 aliphatic carbocycles. The van der Waals surface area contributed by atoms with E-state index in [0.29, 0.717) is 12.5 Å². The number of halogens is 1. The maximum Gasteiger partial charge on any atom is 0.0938 e. The monoisotopic (exact) mass is 132 g/mol. The highest BCUT2D eigenvalue weighted by atomic mass is 19.1. The molecule has 0 aromatic carbocycles. The molecule has 1 rings (SSSR count). The van der Waals surface area contributed by atoms with Crippen LogP contribution in [0.4, 0.5) is 4.39 Å². The van der Waals surface area contributed by atoms with Gasteiger partial charge < -0.3 is 11.1 Å². The average molecular weight is 132 g/mol. The van der Waals surface area contributed by atoms with Gasteiger partial charge in [0.25, 0.3) is 0 Å². The highest BCUT2D eigenvalue weighted by Gasteiger charge is 2.24. The molecule has 1 saturated heterocycles. The minimum Gasteiger partial charge on any atom is -0.330 e. The third kappa shape index (κ3) is 1.40. The molecule has 0 radical (unpaired) electrons. The van der Waals surface area contributed by atoms with Crippen LogP contribution in [-0.4, -0.2) is 26.3 Å². The second-order valence-electron chi connectivity index (χ2n) is 2.57. The van der Waals surface area contributed by atoms with E-state index in [0.717, 1.165) is 13.1 Å². The molecule has 0 spiro atoms. The van der Waals surface area contributed by atoms with Crippen molar-refractivity contribution in [1.29, 1.82) is 0 Å². The Morgan fingerprint density at radius 1 is 1.44 bits per heavy atom. The number of nitrogens with one attached hydrogen (secondary N) is 1. The molecule has 0 aromatic rings. The predicted octanol–water partition coefficient (Wildman–Crippen LogP) is -0.250. The molecule has 0 amide bonds. The lowest BCUT2D eigenvalue weighted by Crippen LogP contribution is -2.23. The minimum absolute atomic E-state index is 0.176. The van der Waals surface area contributed by atoms with Crippen LogP contribution in [0.1, 0.15) is 0 Å². The molecule has 0 bridgehead atoms. The Labute approximate surface area is 54.6 Å². The van der Waals surface area contributed by atoms with Crippen molar-refractivity contribution in [2.24, 2.45) is 17.6 Å². The highest BCUT2D eigenvalue weighted by molar-refractivity contribution is 4.80. The van der Waals surface area contributed by atoms with Gasteiger partial charge in [0.05, 0.1) is 6.67 Å². The summed E-state index contributed by atoms with van der Waals surface area (Å²) in [5, 5.41) is 3.10. The van der Waals surface area contributed by atoms with Gasteiger partial charge in [-0.15, -0.1) is 0 Å². The fourth-order valence-corrected chi connectivity index (χ4v) is 1.24. The van der Waals surface area contributed by atoms with Crippen molar-refractivity contribution in [3.8, 4) is 0 Å². The summed E-state index contributed by atoms with van der Waals surface area (Å²) in [7, 11) is 0. The Hall–Kier alpha value is -0.150. The molecule has 0 saturated carbocycles. The topological polar surface area (TPSA) is 38.0 Å². The van der Waals surface area contributed by atoms with Gasteiger partial charge in [-0.2, -0.15) is 0 Å². The van der Waals surface area contributed by atoms with Gasteiger partial charge in [0.15, 0.2) is 0 Å². The van der Waals surface area contributed by atoms with Crippen LogP contribution in [0.2, 0.25) is 0 Å². The molecular weight excluding hydrogens is 119 g/mol. The van der Waals surface area contributed by atoms with Crippen LogP contribution in [-0.2, 0) is 0 Å². The molecule has 1 fully saturated rings. The number of alkyl halides is 1. The summed E-state index contributed by atoms with van der Waals surface area (Å²) in [5.41, 5.74) is 5.39. The molecule has 3 heteroatoms. The fraction of sp³-hybridized carbons (Fsp3) is 1.00. The molecule has 1 aliphatic rings. The van der Waals surface area contributed by atoms with E-state index in [2.05, 4.69) is 5.32 Å². The smallest absolute Gasteiger partial charge is 0.0938 e. The van der Waals surface area contributed by atoms with Crippen molar-refractivity contribution in [1.82, 2.24) is 5.32 Å². The lowest BCUT2D eigenvalue weighted by molar-refractivity contribution is 0.319. The summed E-state index contributed by atoms with van der Waals surface area (Å²) < 4.78 is 12.0. The van der Waals surface area contributed by atoms with Crippen molar-refractivity contribution < 1.29 is 4.39 Å². The van der Waals surface area contributed by atoms with Crippen LogP contribution in [0.3, 0.4) is 0 Å². The van der Waals surface area contributed by atoms with E-state index in [1.54, 1.807) is 0 Å². The summed E-state index contributed by atoms with van der Waals surface area (Å²) in [6.45, 7) is 2.08. The first-order valence-electron chi connectivity index (χ1n) is 3.35. The van der Waals surface area contributed by atoms with E-state index in [9.17, 15) is 4.39 Å². The number of nitrogens with two attached hydrogens (primary N) is 1. The first-order valence-corrected chi connectivity index (χ1v) is 3.35. The van der Waals surface area contributed by atoms with Gasteiger partial charge in [-0.1, -0.05) is 0 Å². The van der Waals surface area contributed by atoms with Crippen molar-refractivity contribution in [2.75, 3.05) is 26.3 Å². The Morgan fingerprint density at radius 2 is 2.11 bits per heavy atom. The van der Waals surface area contributed by atoms with E-state index in [1.807, 2.05) is 0 Å². The summed E-state index contributed by atoms with van der Waals surface area (Å²) in [6.07, 6.45) is 0. The number of hydrogen-bond acceptors (Lipinski definition) is 2. The van der Waals surface area contributed by atoms with Crippen molar-refractivity contribution in [3.05, 3.63) is 0 Å². The highest BCUT2D eigenvalue weighted by Crippen LogP contribution is 2.14. The van der Waals surface area contributed by atoms with E-state index in [-0.39, 0.29) is 12.6 Å². The normalized spacial score (nSPS) is 35.3. The number of hydrogen-bond donors (Lipinski definition) is 2. The zero-order valence-electron chi connectivity index (χ0n) is 5.44. The maximum absolute atomic E-state index is 12.0. The molecule has 2 unspecified atom stereocenters.